The van der Waals surface area contributed by atoms with Crippen LogP contribution in [-0.4, -0.2) is 55.7 Å². The number of sulfonamides is 1. The molecule has 1 aliphatic heterocycles. The van der Waals surface area contributed by atoms with Gasteiger partial charge in [-0.15, -0.1) is 20.4 Å². The van der Waals surface area contributed by atoms with E-state index in [0.717, 1.165) is 29.9 Å². The molecule has 1 aromatic carbocycles. The minimum Gasteiger partial charge on any atom is -0.460 e. The zero-order chi connectivity index (χ0) is 26.7. The fourth-order valence-corrected chi connectivity index (χ4v) is 5.07. The molecule has 0 atom stereocenters. The van der Waals surface area contributed by atoms with E-state index in [4.69, 9.17) is 4.74 Å². The molecule has 15 heteroatoms. The monoisotopic (exact) mass is 548 g/mol. The van der Waals surface area contributed by atoms with Gasteiger partial charge in [-0.25, -0.2) is 13.2 Å². The second-order valence-corrected chi connectivity index (χ2v) is 11.6. The Morgan fingerprint density at radius 3 is 2.58 bits per heavy atom. The van der Waals surface area contributed by atoms with E-state index in [0.29, 0.717) is 12.1 Å². The molecule has 0 unspecified atom stereocenters. The van der Waals surface area contributed by atoms with Gasteiger partial charge < -0.3 is 9.64 Å². The number of carbonyl (C=O) groups is 1. The van der Waals surface area contributed by atoms with Crippen LogP contribution in [-0.2, 0) is 21.2 Å². The van der Waals surface area contributed by atoms with Crippen molar-refractivity contribution in [2.24, 2.45) is 16.1 Å². The number of hydrogen-bond acceptors (Lipinski definition) is 10. The lowest BCUT2D eigenvalue weighted by atomic mass is 9.99. The molecular weight excluding hydrogens is 521 g/mol. The number of ether oxygens (including phenoxy) is 1. The number of anilines is 2. The molecule has 10 nitrogen and oxygen atoms in total. The van der Waals surface area contributed by atoms with Crippen molar-refractivity contribution < 1.29 is 31.1 Å². The number of rotatable bonds is 9. The largest absolute Gasteiger partial charge is 0.460 e. The fraction of sp³-hybridized carbons (Fsp3) is 0.571. The Balaban J connectivity index is 1.94. The van der Waals surface area contributed by atoms with Gasteiger partial charge in [-0.05, 0) is 50.3 Å². The lowest BCUT2D eigenvalue weighted by molar-refractivity contribution is -0.106. The molecule has 198 valence electrons. The number of fused-ring (bicyclic) bond motifs is 1. The first kappa shape index (κ1) is 27.8. The highest BCUT2D eigenvalue weighted by Gasteiger charge is 2.36. The summed E-state index contributed by atoms with van der Waals surface area (Å²) in [6.07, 6.45) is -3.39. The molecule has 0 saturated heterocycles. The van der Waals surface area contributed by atoms with Crippen LogP contribution >= 0.6 is 11.3 Å². The van der Waals surface area contributed by atoms with E-state index in [1.165, 1.54) is 6.07 Å². The maximum absolute atomic E-state index is 12.8. The number of azo groups is 1. The van der Waals surface area contributed by atoms with Crippen molar-refractivity contribution in [2.45, 2.75) is 52.8 Å². The maximum atomic E-state index is 12.8. The predicted molar refractivity (Wildman–Crippen MR) is 130 cm³/mol. The number of alkyl halides is 3. The van der Waals surface area contributed by atoms with Gasteiger partial charge in [-0.1, -0.05) is 25.2 Å². The van der Waals surface area contributed by atoms with Gasteiger partial charge in [0.15, 0.2) is 5.75 Å². The maximum Gasteiger partial charge on any atom is 0.404 e. The second-order valence-electron chi connectivity index (χ2n) is 8.95. The van der Waals surface area contributed by atoms with Crippen molar-refractivity contribution in [1.29, 1.82) is 0 Å². The van der Waals surface area contributed by atoms with Crippen molar-refractivity contribution in [1.82, 2.24) is 10.2 Å². The van der Waals surface area contributed by atoms with E-state index >= 15 is 0 Å². The van der Waals surface area contributed by atoms with E-state index in [-0.39, 0.29) is 40.1 Å². The first-order valence-electron chi connectivity index (χ1n) is 11.2. The zero-order valence-electron chi connectivity index (χ0n) is 20.2. The van der Waals surface area contributed by atoms with Gasteiger partial charge in [-0.3, -0.25) is 4.72 Å². The van der Waals surface area contributed by atoms with E-state index in [2.05, 4.69) is 20.4 Å². The normalized spacial score (nSPS) is 14.5. The van der Waals surface area contributed by atoms with Crippen molar-refractivity contribution in [3.05, 3.63) is 22.7 Å². The molecular formula is C21H27F3N6O4S2. The van der Waals surface area contributed by atoms with Crippen LogP contribution in [0.5, 0.6) is 0 Å². The van der Waals surface area contributed by atoms with Crippen molar-refractivity contribution in [2.75, 3.05) is 28.5 Å². The average Bonchev–Trinajstić information content (AvgIpc) is 3.22. The highest BCUT2D eigenvalue weighted by atomic mass is 32.2. The molecule has 0 aliphatic carbocycles. The second kappa shape index (κ2) is 11.1. The molecule has 1 aromatic heterocycles. The number of aromatic nitrogens is 2. The van der Waals surface area contributed by atoms with Crippen LogP contribution in [0.4, 0.5) is 35.4 Å². The lowest BCUT2D eigenvalue weighted by Crippen LogP contribution is -2.35. The summed E-state index contributed by atoms with van der Waals surface area (Å²) in [5.74, 6) is -2.57. The van der Waals surface area contributed by atoms with Crippen LogP contribution in [0.2, 0.25) is 0 Å². The minimum atomic E-state index is -4.92. The van der Waals surface area contributed by atoms with Gasteiger partial charge in [0.2, 0.25) is 15.0 Å². The van der Waals surface area contributed by atoms with Crippen LogP contribution < -0.4 is 9.62 Å². The number of esters is 1. The van der Waals surface area contributed by atoms with Crippen LogP contribution in [0.15, 0.2) is 22.4 Å². The predicted octanol–water partition coefficient (Wildman–Crippen LogP) is 5.23. The number of hydrogen-bond donors (Lipinski definition) is 1. The van der Waals surface area contributed by atoms with E-state index in [1.54, 1.807) is 6.07 Å². The van der Waals surface area contributed by atoms with Crippen molar-refractivity contribution in [3.63, 3.8) is 0 Å². The summed E-state index contributed by atoms with van der Waals surface area (Å²) in [5.41, 5.74) is 1.45. The summed E-state index contributed by atoms with van der Waals surface area (Å²) < 4.78 is 70.0. The van der Waals surface area contributed by atoms with Gasteiger partial charge in [0, 0.05) is 18.3 Å². The highest BCUT2D eigenvalue weighted by molar-refractivity contribution is 7.92. The molecule has 0 amide bonds. The summed E-state index contributed by atoms with van der Waals surface area (Å²) in [6, 6.07) is 3.16. The number of aryl methyl sites for hydroxylation is 1. The van der Waals surface area contributed by atoms with Crippen molar-refractivity contribution >= 4 is 49.5 Å². The molecule has 36 heavy (non-hydrogen) atoms. The summed E-state index contributed by atoms with van der Waals surface area (Å²) in [4.78, 5) is 14.1. The number of halogens is 3. The van der Waals surface area contributed by atoms with Crippen LogP contribution in [0, 0.1) is 5.92 Å². The molecule has 0 bridgehead atoms. The quantitative estimate of drug-likeness (QED) is 0.336. The molecule has 3 rings (SSSR count). The Hall–Kier alpha value is -2.81. The van der Waals surface area contributed by atoms with Gasteiger partial charge in [-0.2, -0.15) is 13.2 Å². The molecule has 0 fully saturated rings. The van der Waals surface area contributed by atoms with Gasteiger partial charge in [0.05, 0.1) is 12.3 Å². The van der Waals surface area contributed by atoms with E-state index in [1.807, 2.05) is 37.3 Å². The molecule has 1 aliphatic rings. The van der Waals surface area contributed by atoms with Gasteiger partial charge in [0.25, 0.3) is 5.13 Å². The lowest BCUT2D eigenvalue weighted by Gasteiger charge is -2.35. The Morgan fingerprint density at radius 2 is 1.94 bits per heavy atom. The average molecular weight is 549 g/mol. The Kier molecular flexibility index (Phi) is 8.54. The number of nitrogens with zero attached hydrogens (tertiary/aromatic N) is 5. The number of nitrogens with one attached hydrogen (secondary N) is 1. The summed E-state index contributed by atoms with van der Waals surface area (Å²) in [5, 5.41) is 15.4. The Morgan fingerprint density at radius 1 is 1.22 bits per heavy atom. The standard InChI is InChI=1S/C21H27F3N6O4S2/c1-12(2)10-34-19(31)18-26-28-20(35-18)27-25-15-8-14-6-5-7-30(13(3)4)17(14)9-16(15)29-36(32,33)11-21(22,23)24/h8-9,12-13,29H,5-7,10-11H2,1-4H3. The van der Waals surface area contributed by atoms with Crippen LogP contribution in [0.3, 0.4) is 0 Å². The molecule has 0 spiro atoms. The highest BCUT2D eigenvalue weighted by Crippen LogP contribution is 2.39. The zero-order valence-corrected chi connectivity index (χ0v) is 21.8. The summed E-state index contributed by atoms with van der Waals surface area (Å²) in [6.45, 7) is 8.63. The molecule has 1 N–H and O–H groups in total. The summed E-state index contributed by atoms with van der Waals surface area (Å²) >= 11 is 0.819. The minimum absolute atomic E-state index is 0.00266. The molecule has 0 radical (unpaired) electrons. The SMILES string of the molecule is CC(C)COC(=O)c1nnc(N=Nc2cc3c(cc2NS(=O)(=O)CC(F)(F)F)N(C(C)C)CCC3)s1. The van der Waals surface area contributed by atoms with Crippen molar-refractivity contribution in [3.8, 4) is 0 Å². The molecule has 2 heterocycles. The topological polar surface area (TPSA) is 126 Å². The van der Waals surface area contributed by atoms with Gasteiger partial charge >= 0.3 is 12.1 Å². The van der Waals surface area contributed by atoms with Crippen LogP contribution in [0.1, 0.15) is 49.5 Å². The first-order valence-corrected chi connectivity index (χ1v) is 13.6. The number of carbonyl (C=O) groups excluding carboxylic acids is 1. The summed E-state index contributed by atoms with van der Waals surface area (Å²) in [7, 11) is -4.76. The van der Waals surface area contributed by atoms with Gasteiger partial charge in [0.1, 0.15) is 5.69 Å². The Labute approximate surface area is 211 Å². The molecule has 0 saturated carbocycles. The third-order valence-corrected chi connectivity index (χ3v) is 7.00. The van der Waals surface area contributed by atoms with Crippen LogP contribution in [0.25, 0.3) is 0 Å². The third kappa shape index (κ3) is 7.59. The molecule has 2 aromatic rings. The smallest absolute Gasteiger partial charge is 0.404 e. The first-order chi connectivity index (χ1) is 16.7. The van der Waals surface area contributed by atoms with E-state index < -0.39 is 27.9 Å². The van der Waals surface area contributed by atoms with E-state index in [9.17, 15) is 26.4 Å². The number of benzene rings is 1. The Bertz CT molecular complexity index is 1230. The third-order valence-electron chi connectivity index (χ3n) is 4.97. The fourth-order valence-electron chi connectivity index (χ4n) is 3.51.